The Morgan fingerprint density at radius 2 is 1.20 bits per heavy atom. The van der Waals surface area contributed by atoms with E-state index < -0.39 is 5.54 Å². The van der Waals surface area contributed by atoms with Gasteiger partial charge in [-0.25, -0.2) is 0 Å². The fourth-order valence-electron chi connectivity index (χ4n) is 6.46. The van der Waals surface area contributed by atoms with Gasteiger partial charge in [-0.1, -0.05) is 153 Å². The second kappa shape index (κ2) is 14.5. The van der Waals surface area contributed by atoms with Crippen LogP contribution in [0.2, 0.25) is 0 Å². The van der Waals surface area contributed by atoms with Crippen molar-refractivity contribution in [2.45, 2.75) is 38.8 Å². The molecule has 242 valence electrons. The molecule has 0 saturated carbocycles. The van der Waals surface area contributed by atoms with Crippen LogP contribution in [0.5, 0.6) is 0 Å². The van der Waals surface area contributed by atoms with Crippen molar-refractivity contribution in [3.8, 4) is 22.5 Å². The minimum atomic E-state index is -0.832. The predicted octanol–water partition coefficient (Wildman–Crippen LogP) is 9.58. The molecule has 7 aromatic rings. The van der Waals surface area contributed by atoms with E-state index >= 15 is 0 Å². The quantitative estimate of drug-likeness (QED) is 0.105. The molecule has 1 N–H and O–H groups in total. The first-order valence-electron chi connectivity index (χ1n) is 16.7. The first-order valence-corrected chi connectivity index (χ1v) is 17.8. The highest BCUT2D eigenvalue weighted by atomic mass is 127. The van der Waals surface area contributed by atoms with Gasteiger partial charge < -0.3 is 5.32 Å². The van der Waals surface area contributed by atoms with Gasteiger partial charge in [-0.2, -0.15) is 0 Å². The van der Waals surface area contributed by atoms with Crippen LogP contribution in [0, 0.1) is 3.57 Å². The minimum absolute atomic E-state index is 0.569. The van der Waals surface area contributed by atoms with Crippen LogP contribution in [0.4, 0.5) is 5.69 Å². The maximum atomic E-state index is 5.16. The van der Waals surface area contributed by atoms with Crippen LogP contribution in [0.3, 0.4) is 0 Å². The van der Waals surface area contributed by atoms with Crippen molar-refractivity contribution in [2.24, 2.45) is 0 Å². The van der Waals surface area contributed by atoms with E-state index in [0.717, 1.165) is 69.8 Å². The highest BCUT2D eigenvalue weighted by Crippen LogP contribution is 2.40. The van der Waals surface area contributed by atoms with E-state index in [2.05, 4.69) is 163 Å². The summed E-state index contributed by atoms with van der Waals surface area (Å²) in [4.78, 5) is 6.58. The van der Waals surface area contributed by atoms with Gasteiger partial charge >= 0.3 is 0 Å². The van der Waals surface area contributed by atoms with E-state index in [9.17, 15) is 0 Å². The molecule has 0 amide bonds. The Hall–Kier alpha value is -5.15. The Kier molecular flexibility index (Phi) is 9.61. The van der Waals surface area contributed by atoms with Crippen molar-refractivity contribution in [3.05, 3.63) is 183 Å². The number of nitrogens with one attached hydrogen (secondary N) is 1. The van der Waals surface area contributed by atoms with Gasteiger partial charge in [0.2, 0.25) is 5.82 Å². The number of anilines is 1. The molecule has 0 aliphatic heterocycles. The van der Waals surface area contributed by atoms with Crippen LogP contribution >= 0.6 is 22.6 Å². The number of tetrazole rings is 1. The number of pyridine rings is 1. The summed E-state index contributed by atoms with van der Waals surface area (Å²) in [5.74, 6) is 0.569. The molecule has 0 bridgehead atoms. The first kappa shape index (κ1) is 32.4. The maximum Gasteiger partial charge on any atom is 0.205 e. The van der Waals surface area contributed by atoms with Crippen LogP contribution in [0.15, 0.2) is 146 Å². The van der Waals surface area contributed by atoms with E-state index in [1.54, 1.807) is 4.80 Å². The lowest BCUT2D eigenvalue weighted by Gasteiger charge is -2.34. The molecule has 49 heavy (non-hydrogen) atoms. The summed E-state index contributed by atoms with van der Waals surface area (Å²) >= 11 is 2.41. The molecule has 5 aromatic carbocycles. The van der Waals surface area contributed by atoms with Gasteiger partial charge in [0, 0.05) is 17.8 Å². The Bertz CT molecular complexity index is 2050. The van der Waals surface area contributed by atoms with Gasteiger partial charge in [-0.3, -0.25) is 4.98 Å². The number of benzene rings is 5. The summed E-state index contributed by atoms with van der Waals surface area (Å²) in [5.41, 5.74) is 9.99. The van der Waals surface area contributed by atoms with Gasteiger partial charge in [0.15, 0.2) is 5.54 Å². The average Bonchev–Trinajstić information content (AvgIpc) is 3.67. The summed E-state index contributed by atoms with van der Waals surface area (Å²) in [6.45, 7) is 5.04. The second-order valence-electron chi connectivity index (χ2n) is 11.9. The van der Waals surface area contributed by atoms with Crippen LogP contribution in [-0.4, -0.2) is 25.2 Å². The van der Waals surface area contributed by atoms with Crippen LogP contribution in [0.25, 0.3) is 22.5 Å². The molecular formula is C42H37IN6. The van der Waals surface area contributed by atoms with E-state index in [1.165, 1.54) is 9.13 Å². The Morgan fingerprint density at radius 3 is 1.76 bits per heavy atom. The van der Waals surface area contributed by atoms with Crippen LogP contribution in [0.1, 0.15) is 47.5 Å². The molecule has 7 rings (SSSR count). The van der Waals surface area contributed by atoms with Gasteiger partial charge in [0.25, 0.3) is 0 Å². The van der Waals surface area contributed by atoms with Crippen LogP contribution < -0.4 is 5.32 Å². The number of halogens is 1. The molecule has 2 aromatic heterocycles. The largest absolute Gasteiger partial charge is 0.380 e. The predicted molar refractivity (Wildman–Crippen MR) is 206 cm³/mol. The monoisotopic (exact) mass is 752 g/mol. The lowest BCUT2D eigenvalue weighted by molar-refractivity contribution is 0.396. The SMILES string of the molecule is CCc1cc(NCc2ccc(-c3ccccc3-c3nnn(C(c4ccccc4)(c4ccccc4)c4ccccc4)n3)cc2)c(I)c(CC)n1. The van der Waals surface area contributed by atoms with Gasteiger partial charge in [-0.15, -0.1) is 15.0 Å². The van der Waals surface area contributed by atoms with Crippen molar-refractivity contribution in [1.82, 2.24) is 25.2 Å². The zero-order valence-corrected chi connectivity index (χ0v) is 29.7. The third-order valence-corrected chi connectivity index (χ3v) is 10.2. The molecule has 0 saturated heterocycles. The molecule has 0 aliphatic rings. The van der Waals surface area contributed by atoms with Crippen molar-refractivity contribution >= 4 is 28.3 Å². The number of nitrogens with zero attached hydrogens (tertiary/aromatic N) is 5. The summed E-state index contributed by atoms with van der Waals surface area (Å²) in [7, 11) is 0. The number of aryl methyl sites for hydroxylation is 2. The minimum Gasteiger partial charge on any atom is -0.380 e. The van der Waals surface area contributed by atoms with Crippen molar-refractivity contribution in [3.63, 3.8) is 0 Å². The zero-order valence-electron chi connectivity index (χ0n) is 27.6. The first-order chi connectivity index (χ1) is 24.1. The number of hydrogen-bond acceptors (Lipinski definition) is 5. The van der Waals surface area contributed by atoms with Crippen molar-refractivity contribution in [2.75, 3.05) is 5.32 Å². The molecule has 0 radical (unpaired) electrons. The standard InChI is InChI=1S/C42H37IN6/c1-3-35-28-39(40(43)38(4-2)45-35)44-29-30-24-26-31(27-25-30)36-22-14-15-23-37(36)41-46-48-49(47-41)42(32-16-8-5-9-17-32,33-18-10-6-11-19-33)34-20-12-7-13-21-34/h5-28H,3-4,29H2,1-2H3,(H,44,45). The summed E-state index contributed by atoms with van der Waals surface area (Å²) in [6.07, 6.45) is 1.84. The van der Waals surface area contributed by atoms with E-state index in [1.807, 2.05) is 24.3 Å². The number of rotatable bonds is 11. The Morgan fingerprint density at radius 1 is 0.653 bits per heavy atom. The molecule has 2 heterocycles. The van der Waals surface area contributed by atoms with Gasteiger partial charge in [-0.05, 0) is 80.1 Å². The molecular weight excluding hydrogens is 715 g/mol. The van der Waals surface area contributed by atoms with Crippen molar-refractivity contribution in [1.29, 1.82) is 0 Å². The average molecular weight is 753 g/mol. The van der Waals surface area contributed by atoms with Gasteiger partial charge in [0.05, 0.1) is 15.0 Å². The normalized spacial score (nSPS) is 11.4. The second-order valence-corrected chi connectivity index (χ2v) is 13.0. The highest BCUT2D eigenvalue weighted by molar-refractivity contribution is 14.1. The van der Waals surface area contributed by atoms with Crippen molar-refractivity contribution < 1.29 is 0 Å². The summed E-state index contributed by atoms with van der Waals surface area (Å²) < 4.78 is 1.19. The summed E-state index contributed by atoms with van der Waals surface area (Å²) in [6, 6.07) is 50.4. The van der Waals surface area contributed by atoms with Crippen LogP contribution in [-0.2, 0) is 24.9 Å². The number of hydrogen-bond donors (Lipinski definition) is 1. The van der Waals surface area contributed by atoms with Gasteiger partial charge in [0.1, 0.15) is 0 Å². The smallest absolute Gasteiger partial charge is 0.205 e. The molecule has 7 heteroatoms. The highest BCUT2D eigenvalue weighted by Gasteiger charge is 2.41. The fraction of sp³-hybridized carbons (Fsp3) is 0.143. The topological polar surface area (TPSA) is 68.5 Å². The third-order valence-electron chi connectivity index (χ3n) is 8.98. The third kappa shape index (κ3) is 6.38. The molecule has 0 aliphatic carbocycles. The lowest BCUT2D eigenvalue weighted by atomic mass is 9.77. The van der Waals surface area contributed by atoms with E-state index in [0.29, 0.717) is 5.82 Å². The summed E-state index contributed by atoms with van der Waals surface area (Å²) in [5, 5.41) is 18.3. The number of aromatic nitrogens is 5. The Labute approximate surface area is 301 Å². The molecule has 6 nitrogen and oxygen atoms in total. The maximum absolute atomic E-state index is 5.16. The lowest BCUT2D eigenvalue weighted by Crippen LogP contribution is -2.39. The Balaban J connectivity index is 1.24. The molecule has 0 spiro atoms. The van der Waals surface area contributed by atoms with E-state index in [4.69, 9.17) is 20.4 Å². The van der Waals surface area contributed by atoms with E-state index in [-0.39, 0.29) is 0 Å². The zero-order chi connectivity index (χ0) is 33.6. The molecule has 0 atom stereocenters. The molecule has 0 fully saturated rings. The molecule has 0 unspecified atom stereocenters. The fourth-order valence-corrected chi connectivity index (χ4v) is 7.31.